The lowest BCUT2D eigenvalue weighted by atomic mass is 10.1. The van der Waals surface area contributed by atoms with E-state index in [-0.39, 0.29) is 12.4 Å². The highest BCUT2D eigenvalue weighted by molar-refractivity contribution is 9.10. The first-order chi connectivity index (χ1) is 9.51. The fraction of sp³-hybridized carbons (Fsp3) is 0.143. The first-order valence-corrected chi connectivity index (χ1v) is 7.31. The number of benzene rings is 2. The monoisotopic (exact) mass is 377 g/mol. The smallest absolute Gasteiger partial charge is 0.139 e. The summed E-state index contributed by atoms with van der Waals surface area (Å²) >= 11 is 15.3. The van der Waals surface area contributed by atoms with E-state index in [1.54, 1.807) is 18.2 Å². The zero-order valence-corrected chi connectivity index (χ0v) is 13.4. The molecule has 0 saturated heterocycles. The average molecular weight is 379 g/mol. The molecule has 20 heavy (non-hydrogen) atoms. The normalized spacial score (nSPS) is 10.7. The minimum atomic E-state index is -0.333. The summed E-state index contributed by atoms with van der Waals surface area (Å²) in [7, 11) is 0. The van der Waals surface area contributed by atoms with Crippen LogP contribution in [-0.4, -0.2) is 0 Å². The van der Waals surface area contributed by atoms with Crippen molar-refractivity contribution in [1.82, 2.24) is 0 Å². The van der Waals surface area contributed by atoms with Crippen molar-refractivity contribution in [3.63, 3.8) is 0 Å². The van der Waals surface area contributed by atoms with Crippen molar-refractivity contribution in [1.29, 1.82) is 0 Å². The van der Waals surface area contributed by atoms with Gasteiger partial charge in [-0.05, 0) is 45.3 Å². The minimum Gasteiger partial charge on any atom is -0.487 e. The van der Waals surface area contributed by atoms with E-state index in [1.165, 1.54) is 12.1 Å². The minimum absolute atomic E-state index is 0.169. The summed E-state index contributed by atoms with van der Waals surface area (Å²) < 4.78 is 19.5. The fourth-order valence-corrected chi connectivity index (χ4v) is 2.55. The summed E-state index contributed by atoms with van der Waals surface area (Å²) in [5.41, 5.74) is 7.12. The van der Waals surface area contributed by atoms with E-state index in [1.807, 2.05) is 0 Å². The van der Waals surface area contributed by atoms with Crippen LogP contribution in [0.25, 0.3) is 0 Å². The highest BCUT2D eigenvalue weighted by atomic mass is 79.9. The third-order valence-electron chi connectivity index (χ3n) is 2.75. The second-order valence-electron chi connectivity index (χ2n) is 4.10. The molecule has 0 aromatic heterocycles. The molecule has 2 N–H and O–H groups in total. The molecule has 0 saturated carbocycles. The Labute approximate surface area is 134 Å². The molecule has 0 atom stereocenters. The van der Waals surface area contributed by atoms with Crippen LogP contribution in [0.5, 0.6) is 5.75 Å². The van der Waals surface area contributed by atoms with E-state index in [4.69, 9.17) is 33.7 Å². The number of ether oxygens (including phenoxy) is 1. The number of nitrogens with two attached hydrogens (primary N) is 1. The van der Waals surface area contributed by atoms with Crippen molar-refractivity contribution in [2.45, 2.75) is 13.2 Å². The number of hydrogen-bond acceptors (Lipinski definition) is 2. The number of hydrogen-bond donors (Lipinski definition) is 1. The predicted octanol–water partition coefficient (Wildman–Crippen LogP) is 4.93. The van der Waals surface area contributed by atoms with Crippen LogP contribution >= 0.6 is 39.1 Å². The molecule has 6 heteroatoms. The summed E-state index contributed by atoms with van der Waals surface area (Å²) in [6, 6.07) is 7.67. The second kappa shape index (κ2) is 6.76. The lowest BCUT2D eigenvalue weighted by Gasteiger charge is -2.12. The quantitative estimate of drug-likeness (QED) is 0.765. The van der Waals surface area contributed by atoms with Crippen molar-refractivity contribution in [2.24, 2.45) is 5.73 Å². The van der Waals surface area contributed by atoms with Gasteiger partial charge in [0.25, 0.3) is 0 Å². The molecule has 2 aromatic rings. The Morgan fingerprint density at radius 2 is 1.85 bits per heavy atom. The Morgan fingerprint density at radius 1 is 1.10 bits per heavy atom. The standard InChI is InChI=1S/C14H11BrCl2FNO/c15-11-4-13(17)14(5-12(11)16)20-7-9-3-10(18)2-1-8(9)6-19/h1-5H,6-7,19H2. The maximum absolute atomic E-state index is 13.3. The SMILES string of the molecule is NCc1ccc(F)cc1COc1cc(Cl)c(Br)cc1Cl. The molecule has 0 spiro atoms. The Hall–Kier alpha value is -0.810. The van der Waals surface area contributed by atoms with E-state index in [0.29, 0.717) is 32.4 Å². The van der Waals surface area contributed by atoms with Gasteiger partial charge in [0.2, 0.25) is 0 Å². The van der Waals surface area contributed by atoms with Gasteiger partial charge < -0.3 is 10.5 Å². The topological polar surface area (TPSA) is 35.2 Å². The van der Waals surface area contributed by atoms with Gasteiger partial charge >= 0.3 is 0 Å². The molecule has 0 aliphatic carbocycles. The van der Waals surface area contributed by atoms with E-state index < -0.39 is 0 Å². The van der Waals surface area contributed by atoms with Gasteiger partial charge in [0, 0.05) is 17.1 Å². The summed E-state index contributed by atoms with van der Waals surface area (Å²) in [5.74, 6) is 0.104. The maximum atomic E-state index is 13.3. The molecule has 0 aliphatic rings. The van der Waals surface area contributed by atoms with Crippen LogP contribution in [0.4, 0.5) is 4.39 Å². The first kappa shape index (κ1) is 15.6. The summed E-state index contributed by atoms with van der Waals surface area (Å²) in [5, 5.41) is 0.912. The molecule has 2 nitrogen and oxygen atoms in total. The number of halogens is 4. The van der Waals surface area contributed by atoms with Crippen LogP contribution in [0.15, 0.2) is 34.8 Å². The average Bonchev–Trinajstić information content (AvgIpc) is 2.41. The van der Waals surface area contributed by atoms with Crippen molar-refractivity contribution < 1.29 is 9.13 Å². The third-order valence-corrected chi connectivity index (χ3v) is 4.24. The van der Waals surface area contributed by atoms with Crippen LogP contribution in [-0.2, 0) is 13.2 Å². The van der Waals surface area contributed by atoms with Crippen LogP contribution in [0, 0.1) is 5.82 Å². The van der Waals surface area contributed by atoms with Gasteiger partial charge in [-0.1, -0.05) is 29.3 Å². The second-order valence-corrected chi connectivity index (χ2v) is 5.77. The molecule has 2 rings (SSSR count). The molecule has 0 radical (unpaired) electrons. The lowest BCUT2D eigenvalue weighted by molar-refractivity contribution is 0.304. The molecule has 0 unspecified atom stereocenters. The Balaban J connectivity index is 2.21. The van der Waals surface area contributed by atoms with Gasteiger partial charge in [0.1, 0.15) is 18.2 Å². The van der Waals surface area contributed by atoms with Crippen LogP contribution in [0.2, 0.25) is 10.0 Å². The van der Waals surface area contributed by atoms with Gasteiger partial charge in [-0.25, -0.2) is 4.39 Å². The molecule has 0 heterocycles. The number of rotatable bonds is 4. The molecule has 0 fully saturated rings. The van der Waals surface area contributed by atoms with Gasteiger partial charge in [0.15, 0.2) is 0 Å². The molecule has 106 valence electrons. The van der Waals surface area contributed by atoms with Crippen molar-refractivity contribution in [3.05, 3.63) is 61.8 Å². The molecule has 0 aliphatic heterocycles. The lowest BCUT2D eigenvalue weighted by Crippen LogP contribution is -2.05. The van der Waals surface area contributed by atoms with Gasteiger partial charge in [0.05, 0.1) is 10.0 Å². The Bertz CT molecular complexity index is 637. The molecular weight excluding hydrogens is 368 g/mol. The summed E-state index contributed by atoms with van der Waals surface area (Å²) in [6.07, 6.45) is 0. The molecule has 0 amide bonds. The first-order valence-electron chi connectivity index (χ1n) is 5.76. The third kappa shape index (κ3) is 3.64. The van der Waals surface area contributed by atoms with Crippen molar-refractivity contribution in [2.75, 3.05) is 0 Å². The van der Waals surface area contributed by atoms with Crippen LogP contribution in [0.1, 0.15) is 11.1 Å². The van der Waals surface area contributed by atoms with E-state index in [2.05, 4.69) is 15.9 Å². The van der Waals surface area contributed by atoms with Crippen LogP contribution < -0.4 is 10.5 Å². The zero-order valence-electron chi connectivity index (χ0n) is 10.3. The maximum Gasteiger partial charge on any atom is 0.139 e. The summed E-state index contributed by atoms with van der Waals surface area (Å²) in [6.45, 7) is 0.482. The van der Waals surface area contributed by atoms with Gasteiger partial charge in [-0.3, -0.25) is 0 Å². The van der Waals surface area contributed by atoms with Crippen LogP contribution in [0.3, 0.4) is 0 Å². The van der Waals surface area contributed by atoms with E-state index in [0.717, 1.165) is 5.56 Å². The van der Waals surface area contributed by atoms with Gasteiger partial charge in [-0.2, -0.15) is 0 Å². The van der Waals surface area contributed by atoms with Gasteiger partial charge in [-0.15, -0.1) is 0 Å². The largest absolute Gasteiger partial charge is 0.487 e. The predicted molar refractivity (Wildman–Crippen MR) is 82.8 cm³/mol. The summed E-state index contributed by atoms with van der Waals surface area (Å²) in [4.78, 5) is 0. The van der Waals surface area contributed by atoms with E-state index >= 15 is 0 Å². The Kier molecular flexibility index (Phi) is 5.27. The highest BCUT2D eigenvalue weighted by Crippen LogP contribution is 2.34. The van der Waals surface area contributed by atoms with Crippen molar-refractivity contribution in [3.8, 4) is 5.75 Å². The van der Waals surface area contributed by atoms with E-state index in [9.17, 15) is 4.39 Å². The molecule has 2 aromatic carbocycles. The Morgan fingerprint density at radius 3 is 2.55 bits per heavy atom. The highest BCUT2D eigenvalue weighted by Gasteiger charge is 2.09. The zero-order chi connectivity index (χ0) is 14.7. The fourth-order valence-electron chi connectivity index (χ4n) is 1.70. The van der Waals surface area contributed by atoms with Crippen molar-refractivity contribution >= 4 is 39.1 Å². The molecular formula is C14H11BrCl2FNO. The molecule has 0 bridgehead atoms.